The van der Waals surface area contributed by atoms with Crippen LogP contribution >= 0.6 is 15.2 Å². The summed E-state index contributed by atoms with van der Waals surface area (Å²) in [5.74, 6) is 0. The lowest BCUT2D eigenvalue weighted by atomic mass is 10.1. The van der Waals surface area contributed by atoms with Gasteiger partial charge in [-0.25, -0.2) is 4.39 Å². The number of hydrogen-bond donors (Lipinski definition) is 5. The van der Waals surface area contributed by atoms with Gasteiger partial charge in [0.2, 0.25) is 0 Å². The Hall–Kier alpha value is 0.190. The lowest BCUT2D eigenvalue weighted by Crippen LogP contribution is -2.36. The van der Waals surface area contributed by atoms with Gasteiger partial charge < -0.3 is 24.9 Å². The van der Waals surface area contributed by atoms with Gasteiger partial charge >= 0.3 is 20.3 Å². The molecule has 0 aromatic heterocycles. The molecule has 0 aliphatic heterocycles. The molecule has 0 bridgehead atoms. The molecule has 0 heterocycles. The maximum atomic E-state index is 13.9. The Bertz CT molecular complexity index is 347. The molecule has 0 aliphatic rings. The van der Waals surface area contributed by atoms with Gasteiger partial charge in [0, 0.05) is 0 Å². The minimum Gasteiger partial charge on any atom is -0.322 e. The molecule has 20 heavy (non-hydrogen) atoms. The predicted molar refractivity (Wildman–Crippen MR) is 74.2 cm³/mol. The van der Waals surface area contributed by atoms with E-state index in [-0.39, 0.29) is 6.54 Å². The number of hydrogen-bond acceptors (Lipinski definition) is 3. The first-order valence-corrected chi connectivity index (χ1v) is 9.79. The van der Waals surface area contributed by atoms with Crippen LogP contribution in [-0.2, 0) is 9.13 Å². The van der Waals surface area contributed by atoms with Crippen molar-refractivity contribution in [3.63, 3.8) is 0 Å². The van der Waals surface area contributed by atoms with E-state index in [1.165, 1.54) is 0 Å². The summed E-state index contributed by atoms with van der Waals surface area (Å²) in [6.45, 7) is 1.26. The van der Waals surface area contributed by atoms with Crippen LogP contribution in [0.3, 0.4) is 0 Å². The molecule has 0 atom stereocenters. The van der Waals surface area contributed by atoms with Crippen LogP contribution in [0.25, 0.3) is 0 Å². The summed E-state index contributed by atoms with van der Waals surface area (Å²) in [7, 11) is -11.1. The first kappa shape index (κ1) is 20.2. The Balaban J connectivity index is 4.14. The Labute approximate surface area is 118 Å². The monoisotopic (exact) mass is 335 g/mol. The smallest absolute Gasteiger partial charge is 0.322 e. The van der Waals surface area contributed by atoms with Gasteiger partial charge in [-0.2, -0.15) is 0 Å². The third-order valence-corrected chi connectivity index (χ3v) is 6.61. The van der Waals surface area contributed by atoms with Crippen molar-refractivity contribution in [1.82, 2.24) is 5.32 Å². The van der Waals surface area contributed by atoms with Crippen molar-refractivity contribution in [3.05, 3.63) is 0 Å². The van der Waals surface area contributed by atoms with E-state index in [2.05, 4.69) is 12.2 Å². The summed E-state index contributed by atoms with van der Waals surface area (Å²) in [6, 6.07) is 0. The highest BCUT2D eigenvalue weighted by Gasteiger charge is 2.61. The molecule has 122 valence electrons. The third-order valence-electron chi connectivity index (χ3n) is 2.95. The van der Waals surface area contributed by atoms with Gasteiger partial charge in [-0.05, 0) is 13.0 Å². The Morgan fingerprint density at radius 3 is 1.85 bits per heavy atom. The van der Waals surface area contributed by atoms with E-state index in [4.69, 9.17) is 19.6 Å². The zero-order valence-corrected chi connectivity index (χ0v) is 13.3. The Kier molecular flexibility index (Phi) is 8.67. The topological polar surface area (TPSA) is 127 Å². The quantitative estimate of drug-likeness (QED) is 0.288. The molecule has 0 aliphatic carbocycles. The first-order chi connectivity index (χ1) is 9.06. The normalized spacial score (nSPS) is 13.7. The average Bonchev–Trinajstić information content (AvgIpc) is 2.29. The van der Waals surface area contributed by atoms with Gasteiger partial charge in [0.15, 0.2) is 0 Å². The maximum Gasteiger partial charge on any atom is 0.376 e. The maximum absolute atomic E-state index is 13.9. The molecule has 0 radical (unpaired) electrons. The lowest BCUT2D eigenvalue weighted by molar-refractivity contribution is 0.218. The van der Waals surface area contributed by atoms with E-state index in [1.807, 2.05) is 0 Å². The standard InChI is InChI=1S/C10H24FNO6P2/c1-2-3-4-5-6-7-8-12-9-10(11,19(13,14)15)20(16,17)18/h12H,2-9H2,1H3,(H2,13,14,15)(H2,16,17,18). The predicted octanol–water partition coefficient (Wildman–Crippen LogP) is 1.92. The van der Waals surface area contributed by atoms with Crippen LogP contribution in [0.2, 0.25) is 0 Å². The van der Waals surface area contributed by atoms with Crippen molar-refractivity contribution >= 4 is 15.2 Å². The highest BCUT2D eigenvalue weighted by atomic mass is 31.2. The second-order valence-electron chi connectivity index (χ2n) is 4.75. The third kappa shape index (κ3) is 6.31. The average molecular weight is 335 g/mol. The van der Waals surface area contributed by atoms with Crippen LogP contribution in [0, 0.1) is 0 Å². The summed E-state index contributed by atoms with van der Waals surface area (Å²) in [6.07, 6.45) is 5.88. The van der Waals surface area contributed by atoms with E-state index < -0.39 is 26.9 Å². The van der Waals surface area contributed by atoms with E-state index in [0.29, 0.717) is 6.42 Å². The molecule has 0 saturated heterocycles. The van der Waals surface area contributed by atoms with Gasteiger partial charge in [0.1, 0.15) is 0 Å². The number of halogens is 1. The van der Waals surface area contributed by atoms with Gasteiger partial charge in [-0.15, -0.1) is 0 Å². The fraction of sp³-hybridized carbons (Fsp3) is 1.00. The molecule has 0 spiro atoms. The second kappa shape index (κ2) is 8.59. The molecular formula is C10H24FNO6P2. The molecule has 0 aromatic rings. The molecule has 10 heteroatoms. The summed E-state index contributed by atoms with van der Waals surface area (Å²) >= 11 is 0. The van der Waals surface area contributed by atoms with E-state index in [1.54, 1.807) is 0 Å². The van der Waals surface area contributed by atoms with Crippen LogP contribution < -0.4 is 5.32 Å². The van der Waals surface area contributed by atoms with Gasteiger partial charge in [0.25, 0.3) is 0 Å². The van der Waals surface area contributed by atoms with Gasteiger partial charge in [-0.3, -0.25) is 9.13 Å². The summed E-state index contributed by atoms with van der Waals surface area (Å²) in [5.41, 5.74) is 0. The Morgan fingerprint density at radius 1 is 0.950 bits per heavy atom. The summed E-state index contributed by atoms with van der Waals surface area (Å²) in [4.78, 5) is 35.1. The molecule has 0 saturated carbocycles. The van der Waals surface area contributed by atoms with Crippen molar-refractivity contribution in [2.24, 2.45) is 0 Å². The summed E-state index contributed by atoms with van der Waals surface area (Å²) < 4.78 is 35.7. The number of unbranched alkanes of at least 4 members (excludes halogenated alkanes) is 5. The molecule has 0 rings (SSSR count). The van der Waals surface area contributed by atoms with Crippen LogP contribution in [-0.4, -0.2) is 37.8 Å². The second-order valence-corrected chi connectivity index (χ2v) is 8.70. The molecular weight excluding hydrogens is 311 g/mol. The minimum absolute atomic E-state index is 0.248. The molecule has 0 amide bonds. The number of alkyl halides is 1. The van der Waals surface area contributed by atoms with Crippen LogP contribution in [0.5, 0.6) is 0 Å². The van der Waals surface area contributed by atoms with Crippen molar-refractivity contribution in [2.75, 3.05) is 13.1 Å². The van der Waals surface area contributed by atoms with Crippen LogP contribution in [0.4, 0.5) is 4.39 Å². The molecule has 0 aromatic carbocycles. The molecule has 5 N–H and O–H groups in total. The largest absolute Gasteiger partial charge is 0.376 e. The SMILES string of the molecule is CCCCCCCCNCC(F)(P(=O)(O)O)P(=O)(O)O. The van der Waals surface area contributed by atoms with Crippen LogP contribution in [0.1, 0.15) is 45.4 Å². The minimum atomic E-state index is -5.57. The summed E-state index contributed by atoms with van der Waals surface area (Å²) in [5, 5.41) is -1.49. The lowest BCUT2D eigenvalue weighted by Gasteiger charge is -2.26. The van der Waals surface area contributed by atoms with Gasteiger partial charge in [-0.1, -0.05) is 39.0 Å². The fourth-order valence-electron chi connectivity index (χ4n) is 1.65. The highest BCUT2D eigenvalue weighted by molar-refractivity contribution is 7.72. The number of rotatable bonds is 11. The highest BCUT2D eigenvalue weighted by Crippen LogP contribution is 2.69. The molecule has 0 unspecified atom stereocenters. The van der Waals surface area contributed by atoms with Crippen molar-refractivity contribution in [2.45, 2.75) is 50.6 Å². The van der Waals surface area contributed by atoms with Gasteiger partial charge in [0.05, 0.1) is 6.54 Å². The molecule has 7 nitrogen and oxygen atoms in total. The van der Waals surface area contributed by atoms with Crippen molar-refractivity contribution in [3.8, 4) is 0 Å². The Morgan fingerprint density at radius 2 is 1.40 bits per heavy atom. The van der Waals surface area contributed by atoms with Crippen molar-refractivity contribution in [1.29, 1.82) is 0 Å². The van der Waals surface area contributed by atoms with E-state index >= 15 is 0 Å². The van der Waals surface area contributed by atoms with E-state index in [9.17, 15) is 13.5 Å². The van der Waals surface area contributed by atoms with Crippen LogP contribution in [0.15, 0.2) is 0 Å². The fourth-order valence-corrected chi connectivity index (χ4v) is 3.65. The van der Waals surface area contributed by atoms with E-state index in [0.717, 1.165) is 32.1 Å². The number of nitrogens with one attached hydrogen (secondary N) is 1. The molecule has 0 fully saturated rings. The first-order valence-electron chi connectivity index (χ1n) is 6.57. The zero-order valence-electron chi connectivity index (χ0n) is 11.5. The van der Waals surface area contributed by atoms with Crippen molar-refractivity contribution < 1.29 is 33.1 Å². The zero-order chi connectivity index (χ0) is 15.9.